The zero-order valence-electron chi connectivity index (χ0n) is 11.1. The van der Waals surface area contributed by atoms with Crippen LogP contribution in [0.4, 0.5) is 14.5 Å². The molecular formula is C14H18F2N2O2. The minimum absolute atomic E-state index is 0.246. The molecular weight excluding hydrogens is 266 g/mol. The second kappa shape index (κ2) is 6.65. The smallest absolute Gasteiger partial charge is 0.257 e. The Morgan fingerprint density at radius 1 is 1.40 bits per heavy atom. The maximum absolute atomic E-state index is 13.6. The first-order chi connectivity index (χ1) is 9.59. The van der Waals surface area contributed by atoms with Gasteiger partial charge in [-0.3, -0.25) is 4.79 Å². The molecule has 0 bridgehead atoms. The van der Waals surface area contributed by atoms with Gasteiger partial charge in [-0.2, -0.15) is 0 Å². The van der Waals surface area contributed by atoms with E-state index in [1.54, 1.807) is 0 Å². The van der Waals surface area contributed by atoms with Gasteiger partial charge in [0.05, 0.1) is 5.69 Å². The van der Waals surface area contributed by atoms with Crippen molar-refractivity contribution in [2.24, 2.45) is 5.92 Å². The van der Waals surface area contributed by atoms with E-state index in [0.29, 0.717) is 25.5 Å². The summed E-state index contributed by atoms with van der Waals surface area (Å²) in [5, 5.41) is 2.46. The topological polar surface area (TPSA) is 64.4 Å². The fourth-order valence-corrected chi connectivity index (χ4v) is 1.78. The lowest BCUT2D eigenvalue weighted by atomic mass is 10.1. The van der Waals surface area contributed by atoms with Crippen LogP contribution in [-0.2, 0) is 4.74 Å². The molecule has 1 fully saturated rings. The van der Waals surface area contributed by atoms with Crippen LogP contribution in [0.2, 0.25) is 0 Å². The van der Waals surface area contributed by atoms with Crippen molar-refractivity contribution >= 4 is 11.6 Å². The Morgan fingerprint density at radius 3 is 2.85 bits per heavy atom. The van der Waals surface area contributed by atoms with Crippen LogP contribution < -0.4 is 11.1 Å². The average molecular weight is 284 g/mol. The van der Waals surface area contributed by atoms with Crippen molar-refractivity contribution in [1.29, 1.82) is 0 Å². The number of hydrogen-bond donors (Lipinski definition) is 2. The summed E-state index contributed by atoms with van der Waals surface area (Å²) < 4.78 is 32.4. The van der Waals surface area contributed by atoms with E-state index in [1.165, 1.54) is 12.8 Å². The number of hydrogen-bond acceptors (Lipinski definition) is 3. The average Bonchev–Trinajstić information content (AvgIpc) is 3.22. The normalized spacial score (nSPS) is 14.3. The molecule has 3 N–H and O–H groups in total. The maximum Gasteiger partial charge on any atom is 0.257 e. The number of ether oxygens (including phenoxy) is 1. The van der Waals surface area contributed by atoms with Gasteiger partial charge in [-0.05, 0) is 37.3 Å². The molecule has 2 rings (SSSR count). The quantitative estimate of drug-likeness (QED) is 0.595. The van der Waals surface area contributed by atoms with Crippen LogP contribution in [0.3, 0.4) is 0 Å². The highest BCUT2D eigenvalue weighted by molar-refractivity contribution is 5.95. The minimum atomic E-state index is -1.02. The highest BCUT2D eigenvalue weighted by Gasteiger charge is 2.21. The summed E-state index contributed by atoms with van der Waals surface area (Å²) in [5.41, 5.74) is 4.43. The summed E-state index contributed by atoms with van der Waals surface area (Å²) in [6.45, 7) is 1.59. The number of halogens is 2. The number of nitrogen functional groups attached to an aromatic ring is 1. The van der Waals surface area contributed by atoms with Gasteiger partial charge in [-0.15, -0.1) is 0 Å². The summed E-state index contributed by atoms with van der Waals surface area (Å²) in [4.78, 5) is 11.7. The highest BCUT2D eigenvalue weighted by Crippen LogP contribution is 2.28. The lowest BCUT2D eigenvalue weighted by molar-refractivity contribution is 0.0929. The third-order valence-corrected chi connectivity index (χ3v) is 3.15. The predicted octanol–water partition coefficient (Wildman–Crippen LogP) is 2.09. The predicted molar refractivity (Wildman–Crippen MR) is 71.3 cm³/mol. The summed E-state index contributed by atoms with van der Waals surface area (Å²) >= 11 is 0. The molecule has 110 valence electrons. The number of benzene rings is 1. The summed E-state index contributed by atoms with van der Waals surface area (Å²) in [6.07, 6.45) is 3.06. The third kappa shape index (κ3) is 3.90. The Labute approximate surface area is 116 Å². The van der Waals surface area contributed by atoms with Crippen LogP contribution in [0.1, 0.15) is 29.6 Å². The van der Waals surface area contributed by atoms with E-state index in [0.717, 1.165) is 18.7 Å². The molecule has 0 saturated heterocycles. The van der Waals surface area contributed by atoms with Gasteiger partial charge >= 0.3 is 0 Å². The van der Waals surface area contributed by atoms with E-state index >= 15 is 0 Å². The number of anilines is 1. The van der Waals surface area contributed by atoms with Crippen LogP contribution in [0.5, 0.6) is 0 Å². The molecule has 0 aromatic heterocycles. The Morgan fingerprint density at radius 2 is 2.15 bits per heavy atom. The molecule has 4 nitrogen and oxygen atoms in total. The molecule has 0 heterocycles. The van der Waals surface area contributed by atoms with Gasteiger partial charge in [0.2, 0.25) is 0 Å². The van der Waals surface area contributed by atoms with Crippen molar-refractivity contribution < 1.29 is 18.3 Å². The minimum Gasteiger partial charge on any atom is -0.396 e. The van der Waals surface area contributed by atoms with Gasteiger partial charge in [-0.25, -0.2) is 8.78 Å². The Balaban J connectivity index is 1.75. The van der Waals surface area contributed by atoms with E-state index in [2.05, 4.69) is 5.32 Å². The first-order valence-corrected chi connectivity index (χ1v) is 6.69. The third-order valence-electron chi connectivity index (χ3n) is 3.15. The molecule has 1 saturated carbocycles. The number of carbonyl (C=O) groups is 1. The molecule has 0 aliphatic heterocycles. The van der Waals surface area contributed by atoms with Gasteiger partial charge < -0.3 is 15.8 Å². The Hall–Kier alpha value is -1.69. The molecule has 0 radical (unpaired) electrons. The standard InChI is InChI=1S/C14H18F2N2O2/c15-10-4-5-11(17)13(16)12(10)14(19)18-6-1-7-20-8-9-2-3-9/h4-5,9H,1-3,6-8,17H2,(H,18,19). The number of nitrogens with two attached hydrogens (primary N) is 1. The fourth-order valence-electron chi connectivity index (χ4n) is 1.78. The molecule has 1 aromatic rings. The van der Waals surface area contributed by atoms with Crippen LogP contribution in [0, 0.1) is 17.6 Å². The van der Waals surface area contributed by atoms with Crippen molar-refractivity contribution in [2.45, 2.75) is 19.3 Å². The summed E-state index contributed by atoms with van der Waals surface area (Å²) in [5.74, 6) is -2.04. The van der Waals surface area contributed by atoms with Crippen molar-refractivity contribution in [2.75, 3.05) is 25.5 Å². The first kappa shape index (κ1) is 14.7. The van der Waals surface area contributed by atoms with Gasteiger partial charge in [0.15, 0.2) is 5.82 Å². The van der Waals surface area contributed by atoms with Gasteiger partial charge in [0.1, 0.15) is 11.4 Å². The van der Waals surface area contributed by atoms with Crippen LogP contribution in [0.25, 0.3) is 0 Å². The maximum atomic E-state index is 13.6. The molecule has 1 aliphatic rings. The Bertz CT molecular complexity index is 490. The summed E-state index contributed by atoms with van der Waals surface area (Å²) in [7, 11) is 0. The molecule has 0 unspecified atom stereocenters. The van der Waals surface area contributed by atoms with Gasteiger partial charge in [0.25, 0.3) is 5.91 Å². The molecule has 1 aliphatic carbocycles. The van der Waals surface area contributed by atoms with Crippen molar-refractivity contribution in [3.63, 3.8) is 0 Å². The highest BCUT2D eigenvalue weighted by atomic mass is 19.1. The molecule has 20 heavy (non-hydrogen) atoms. The largest absolute Gasteiger partial charge is 0.396 e. The van der Waals surface area contributed by atoms with Crippen molar-refractivity contribution in [1.82, 2.24) is 5.32 Å². The van der Waals surface area contributed by atoms with E-state index in [4.69, 9.17) is 10.5 Å². The number of rotatable bonds is 7. The van der Waals surface area contributed by atoms with Crippen LogP contribution in [0.15, 0.2) is 12.1 Å². The second-order valence-electron chi connectivity index (χ2n) is 4.95. The molecule has 1 aromatic carbocycles. The molecule has 0 spiro atoms. The second-order valence-corrected chi connectivity index (χ2v) is 4.95. The summed E-state index contributed by atoms with van der Waals surface area (Å²) in [6, 6.07) is 2.07. The lowest BCUT2D eigenvalue weighted by Crippen LogP contribution is -2.27. The van der Waals surface area contributed by atoms with Gasteiger partial charge in [-0.1, -0.05) is 0 Å². The first-order valence-electron chi connectivity index (χ1n) is 6.69. The number of amides is 1. The molecule has 0 atom stereocenters. The number of nitrogens with one attached hydrogen (secondary N) is 1. The lowest BCUT2D eigenvalue weighted by Gasteiger charge is -2.08. The van der Waals surface area contributed by atoms with E-state index in [1.807, 2.05) is 0 Å². The van der Waals surface area contributed by atoms with Crippen molar-refractivity contribution in [3.05, 3.63) is 29.3 Å². The van der Waals surface area contributed by atoms with E-state index in [9.17, 15) is 13.6 Å². The fraction of sp³-hybridized carbons (Fsp3) is 0.500. The van der Waals surface area contributed by atoms with Crippen molar-refractivity contribution in [3.8, 4) is 0 Å². The SMILES string of the molecule is Nc1ccc(F)c(C(=O)NCCCOCC2CC2)c1F. The van der Waals surface area contributed by atoms with E-state index < -0.39 is 23.1 Å². The molecule has 1 amide bonds. The van der Waals surface area contributed by atoms with Crippen LogP contribution in [-0.4, -0.2) is 25.7 Å². The zero-order valence-corrected chi connectivity index (χ0v) is 11.1. The monoisotopic (exact) mass is 284 g/mol. The number of carbonyl (C=O) groups excluding carboxylic acids is 1. The zero-order chi connectivity index (χ0) is 14.5. The van der Waals surface area contributed by atoms with E-state index in [-0.39, 0.29) is 5.69 Å². The van der Waals surface area contributed by atoms with Gasteiger partial charge in [0, 0.05) is 19.8 Å². The molecule has 6 heteroatoms. The Kier molecular flexibility index (Phi) is 4.89. The van der Waals surface area contributed by atoms with Crippen LogP contribution >= 0.6 is 0 Å².